The fourth-order valence-corrected chi connectivity index (χ4v) is 3.60. The van der Waals surface area contributed by atoms with E-state index in [1.165, 1.54) is 0 Å². The molecule has 4 rings (SSSR count). The SMILES string of the molecule is CC1Oc2ccc(NC(=O)COCc3nc4ccccc4s3)cc2NC1=O. The van der Waals surface area contributed by atoms with Gasteiger partial charge in [-0.1, -0.05) is 12.1 Å². The first-order valence-electron chi connectivity index (χ1n) is 8.42. The van der Waals surface area contributed by atoms with Crippen LogP contribution in [-0.2, 0) is 20.9 Å². The molecule has 2 heterocycles. The van der Waals surface area contributed by atoms with Crippen molar-refractivity contribution in [3.63, 3.8) is 0 Å². The highest BCUT2D eigenvalue weighted by Crippen LogP contribution is 2.32. The summed E-state index contributed by atoms with van der Waals surface area (Å²) in [5.41, 5.74) is 2.02. The molecule has 2 amide bonds. The molecular weight excluding hydrogens is 366 g/mol. The van der Waals surface area contributed by atoms with Crippen molar-refractivity contribution in [1.29, 1.82) is 0 Å². The maximum absolute atomic E-state index is 12.1. The van der Waals surface area contributed by atoms with Gasteiger partial charge in [0.15, 0.2) is 6.10 Å². The first-order chi connectivity index (χ1) is 13.1. The lowest BCUT2D eigenvalue weighted by atomic mass is 10.2. The van der Waals surface area contributed by atoms with E-state index in [9.17, 15) is 9.59 Å². The number of para-hydroxylation sites is 1. The molecule has 0 bridgehead atoms. The number of ether oxygens (including phenoxy) is 2. The van der Waals surface area contributed by atoms with Gasteiger partial charge in [-0.2, -0.15) is 0 Å². The fraction of sp³-hybridized carbons (Fsp3) is 0.211. The maximum atomic E-state index is 12.1. The van der Waals surface area contributed by atoms with E-state index in [0.29, 0.717) is 17.1 Å². The Morgan fingerprint density at radius 1 is 1.33 bits per heavy atom. The van der Waals surface area contributed by atoms with Gasteiger partial charge < -0.3 is 20.1 Å². The molecule has 0 fully saturated rings. The summed E-state index contributed by atoms with van der Waals surface area (Å²) >= 11 is 1.55. The van der Waals surface area contributed by atoms with Gasteiger partial charge in [-0.3, -0.25) is 9.59 Å². The lowest BCUT2D eigenvalue weighted by Crippen LogP contribution is -2.34. The molecule has 2 N–H and O–H groups in total. The molecule has 2 aromatic carbocycles. The Morgan fingerprint density at radius 3 is 3.04 bits per heavy atom. The number of hydrogen-bond acceptors (Lipinski definition) is 6. The van der Waals surface area contributed by atoms with Crippen LogP contribution in [0.3, 0.4) is 0 Å². The molecule has 0 spiro atoms. The van der Waals surface area contributed by atoms with Gasteiger partial charge in [-0.25, -0.2) is 4.98 Å². The number of nitrogens with zero attached hydrogens (tertiary/aromatic N) is 1. The summed E-state index contributed by atoms with van der Waals surface area (Å²) < 4.78 is 12.0. The summed E-state index contributed by atoms with van der Waals surface area (Å²) in [6.07, 6.45) is -0.533. The average molecular weight is 383 g/mol. The van der Waals surface area contributed by atoms with Gasteiger partial charge in [0, 0.05) is 5.69 Å². The normalized spacial score (nSPS) is 15.7. The molecule has 138 valence electrons. The molecule has 27 heavy (non-hydrogen) atoms. The van der Waals surface area contributed by atoms with Crippen molar-refractivity contribution >= 4 is 44.7 Å². The number of anilines is 2. The van der Waals surface area contributed by atoms with Crippen LogP contribution in [0.2, 0.25) is 0 Å². The number of nitrogens with one attached hydrogen (secondary N) is 2. The average Bonchev–Trinajstić information content (AvgIpc) is 3.05. The predicted molar refractivity (Wildman–Crippen MR) is 103 cm³/mol. The number of carbonyl (C=O) groups excluding carboxylic acids is 2. The number of amides is 2. The standard InChI is InChI=1S/C19H17N3O4S/c1-11-19(24)22-14-8-12(6-7-15(14)26-11)20-17(23)9-25-10-18-21-13-4-2-3-5-16(13)27-18/h2-8,11H,9-10H2,1H3,(H,20,23)(H,22,24). The summed E-state index contributed by atoms with van der Waals surface area (Å²) in [6.45, 7) is 1.86. The minimum atomic E-state index is -0.533. The third kappa shape index (κ3) is 3.91. The Bertz CT molecular complexity index is 984. The Labute approximate surface area is 159 Å². The van der Waals surface area contributed by atoms with Crippen LogP contribution in [0.4, 0.5) is 11.4 Å². The Kier molecular flexibility index (Phi) is 4.74. The molecule has 8 heteroatoms. The Balaban J connectivity index is 1.31. The van der Waals surface area contributed by atoms with Gasteiger partial charge >= 0.3 is 0 Å². The van der Waals surface area contributed by atoms with E-state index in [-0.39, 0.29) is 25.0 Å². The van der Waals surface area contributed by atoms with Gasteiger partial charge in [-0.15, -0.1) is 11.3 Å². The first kappa shape index (κ1) is 17.4. The topological polar surface area (TPSA) is 89.6 Å². The molecule has 0 saturated carbocycles. The van der Waals surface area contributed by atoms with Gasteiger partial charge in [-0.05, 0) is 37.3 Å². The molecule has 1 aromatic heterocycles. The quantitative estimate of drug-likeness (QED) is 0.706. The van der Waals surface area contributed by atoms with E-state index >= 15 is 0 Å². The molecular formula is C19H17N3O4S. The van der Waals surface area contributed by atoms with Crippen LogP contribution < -0.4 is 15.4 Å². The zero-order valence-electron chi connectivity index (χ0n) is 14.5. The van der Waals surface area contributed by atoms with Gasteiger partial charge in [0.1, 0.15) is 17.4 Å². The monoisotopic (exact) mass is 383 g/mol. The maximum Gasteiger partial charge on any atom is 0.265 e. The van der Waals surface area contributed by atoms with Crippen LogP contribution in [0.1, 0.15) is 11.9 Å². The van der Waals surface area contributed by atoms with Crippen LogP contribution in [0.5, 0.6) is 5.75 Å². The summed E-state index contributed by atoms with van der Waals surface area (Å²) in [7, 11) is 0. The lowest BCUT2D eigenvalue weighted by molar-refractivity contribution is -0.122. The van der Waals surface area contributed by atoms with Gasteiger partial charge in [0.25, 0.3) is 5.91 Å². The molecule has 0 saturated heterocycles. The summed E-state index contributed by atoms with van der Waals surface area (Å²) in [5, 5.41) is 6.32. The highest BCUT2D eigenvalue weighted by atomic mass is 32.1. The van der Waals surface area contributed by atoms with Gasteiger partial charge in [0.2, 0.25) is 5.91 Å². The summed E-state index contributed by atoms with van der Waals surface area (Å²) in [4.78, 5) is 28.2. The molecule has 1 unspecified atom stereocenters. The van der Waals surface area contributed by atoms with Crippen LogP contribution in [0.15, 0.2) is 42.5 Å². The highest BCUT2D eigenvalue weighted by Gasteiger charge is 2.23. The first-order valence-corrected chi connectivity index (χ1v) is 9.24. The van der Waals surface area contributed by atoms with E-state index in [0.717, 1.165) is 15.2 Å². The number of fused-ring (bicyclic) bond motifs is 2. The number of hydrogen-bond donors (Lipinski definition) is 2. The molecule has 7 nitrogen and oxygen atoms in total. The van der Waals surface area contributed by atoms with E-state index in [2.05, 4.69) is 15.6 Å². The summed E-state index contributed by atoms with van der Waals surface area (Å²) in [5.74, 6) is 0.0739. The van der Waals surface area contributed by atoms with Crippen molar-refractivity contribution < 1.29 is 19.1 Å². The van der Waals surface area contributed by atoms with Crippen LogP contribution in [-0.4, -0.2) is 29.5 Å². The summed E-state index contributed by atoms with van der Waals surface area (Å²) in [6, 6.07) is 12.9. The van der Waals surface area contributed by atoms with Gasteiger partial charge in [0.05, 0.1) is 22.5 Å². The van der Waals surface area contributed by atoms with Crippen LogP contribution in [0, 0.1) is 0 Å². The second-order valence-corrected chi connectivity index (χ2v) is 7.19. The minimum Gasteiger partial charge on any atom is -0.479 e. The van der Waals surface area contributed by atoms with Crippen molar-refractivity contribution in [3.05, 3.63) is 47.5 Å². The van der Waals surface area contributed by atoms with Crippen molar-refractivity contribution in [2.75, 3.05) is 17.2 Å². The number of rotatable bonds is 5. The zero-order valence-corrected chi connectivity index (χ0v) is 15.3. The van der Waals surface area contributed by atoms with Crippen molar-refractivity contribution in [3.8, 4) is 5.75 Å². The smallest absolute Gasteiger partial charge is 0.265 e. The second kappa shape index (κ2) is 7.34. The van der Waals surface area contributed by atoms with Crippen molar-refractivity contribution in [1.82, 2.24) is 4.98 Å². The molecule has 1 aliphatic rings. The number of thiazole rings is 1. The van der Waals surface area contributed by atoms with Crippen LogP contribution >= 0.6 is 11.3 Å². The lowest BCUT2D eigenvalue weighted by Gasteiger charge is -2.23. The van der Waals surface area contributed by atoms with E-state index < -0.39 is 6.10 Å². The number of aromatic nitrogens is 1. The number of carbonyl (C=O) groups is 2. The molecule has 3 aromatic rings. The highest BCUT2D eigenvalue weighted by molar-refractivity contribution is 7.18. The third-order valence-electron chi connectivity index (χ3n) is 3.99. The molecule has 0 radical (unpaired) electrons. The number of benzene rings is 2. The van der Waals surface area contributed by atoms with E-state index in [1.54, 1.807) is 36.5 Å². The van der Waals surface area contributed by atoms with E-state index in [1.807, 2.05) is 24.3 Å². The zero-order chi connectivity index (χ0) is 18.8. The Hall–Kier alpha value is -2.97. The van der Waals surface area contributed by atoms with E-state index in [4.69, 9.17) is 9.47 Å². The molecule has 0 aliphatic carbocycles. The van der Waals surface area contributed by atoms with Crippen molar-refractivity contribution in [2.24, 2.45) is 0 Å². The minimum absolute atomic E-state index is 0.0904. The second-order valence-electron chi connectivity index (χ2n) is 6.08. The van der Waals surface area contributed by atoms with Crippen molar-refractivity contribution in [2.45, 2.75) is 19.6 Å². The molecule has 1 atom stereocenters. The van der Waals surface area contributed by atoms with Crippen LogP contribution in [0.25, 0.3) is 10.2 Å². The Morgan fingerprint density at radius 2 is 2.19 bits per heavy atom. The largest absolute Gasteiger partial charge is 0.479 e. The fourth-order valence-electron chi connectivity index (χ4n) is 2.70. The molecule has 1 aliphatic heterocycles. The third-order valence-corrected chi connectivity index (χ3v) is 5.00. The predicted octanol–water partition coefficient (Wildman–Crippen LogP) is 3.17.